The summed E-state index contributed by atoms with van der Waals surface area (Å²) >= 11 is 0. The van der Waals surface area contributed by atoms with Gasteiger partial charge in [-0.15, -0.1) is 0 Å². The molecule has 0 saturated carbocycles. The average Bonchev–Trinajstić information content (AvgIpc) is 2.94. The van der Waals surface area contributed by atoms with Gasteiger partial charge in [-0.2, -0.15) is 0 Å². The van der Waals surface area contributed by atoms with Crippen molar-refractivity contribution in [2.75, 3.05) is 4.90 Å². The van der Waals surface area contributed by atoms with Crippen LogP contribution in [0.5, 0.6) is 0 Å². The van der Waals surface area contributed by atoms with E-state index in [-0.39, 0.29) is 0 Å². The molecule has 0 radical (unpaired) electrons. The Morgan fingerprint density at radius 2 is 1.28 bits per heavy atom. The predicted molar refractivity (Wildman–Crippen MR) is 125 cm³/mol. The number of benzene rings is 4. The number of carbonyl (C=O) groups is 1. The molecule has 1 N–H and O–H groups in total. The number of carbonyl (C=O) groups excluding carboxylic acids is 1. The third-order valence-electron chi connectivity index (χ3n) is 5.48. The molecule has 4 aromatic rings. The summed E-state index contributed by atoms with van der Waals surface area (Å²) in [6.45, 7) is 0. The first kappa shape index (κ1) is 19.8. The number of rotatable bonds is 3. The summed E-state index contributed by atoms with van der Waals surface area (Å²) in [6, 6.07) is 35.6. The monoisotopic (exact) mass is 419 g/mol. The van der Waals surface area contributed by atoms with Crippen LogP contribution in [0.15, 0.2) is 121 Å². The van der Waals surface area contributed by atoms with Crippen molar-refractivity contribution in [1.82, 2.24) is 0 Å². The lowest BCUT2D eigenvalue weighted by molar-refractivity contribution is -0.191. The highest BCUT2D eigenvalue weighted by molar-refractivity contribution is 6.02. The fourth-order valence-electron chi connectivity index (χ4n) is 3.98. The van der Waals surface area contributed by atoms with Gasteiger partial charge >= 0.3 is 5.97 Å². The second-order valence-electron chi connectivity index (χ2n) is 7.53. The molecule has 1 aliphatic rings. The van der Waals surface area contributed by atoms with Crippen molar-refractivity contribution in [1.29, 1.82) is 0 Å². The van der Waals surface area contributed by atoms with Crippen LogP contribution in [-0.4, -0.2) is 11.1 Å². The molecule has 1 atom stereocenters. The van der Waals surface area contributed by atoms with Crippen LogP contribution >= 0.6 is 0 Å². The molecule has 5 rings (SSSR count). The molecule has 0 amide bonds. The molecule has 0 unspecified atom stereocenters. The molecule has 4 aromatic carbocycles. The van der Waals surface area contributed by atoms with E-state index in [1.54, 1.807) is 24.3 Å². The van der Waals surface area contributed by atoms with Crippen molar-refractivity contribution in [3.8, 4) is 0 Å². The maximum absolute atomic E-state index is 13.6. The second kappa shape index (κ2) is 8.17. The van der Waals surface area contributed by atoms with E-state index in [2.05, 4.69) is 0 Å². The first-order valence-electron chi connectivity index (χ1n) is 10.4. The Labute approximate surface area is 186 Å². The van der Waals surface area contributed by atoms with Crippen molar-refractivity contribution in [2.45, 2.75) is 5.79 Å². The van der Waals surface area contributed by atoms with Gasteiger partial charge in [0.15, 0.2) is 0 Å². The Kier molecular flexibility index (Phi) is 5.06. The van der Waals surface area contributed by atoms with Crippen molar-refractivity contribution in [2.24, 2.45) is 0 Å². The minimum atomic E-state index is -1.94. The fraction of sp³-hybridized carbons (Fsp3) is 0.0357. The van der Waals surface area contributed by atoms with Crippen LogP contribution in [0, 0.1) is 0 Å². The summed E-state index contributed by atoms with van der Waals surface area (Å²) in [6.07, 6.45) is 1.78. The van der Waals surface area contributed by atoms with Crippen LogP contribution in [-0.2, 0) is 15.3 Å². The van der Waals surface area contributed by atoms with Gasteiger partial charge in [-0.3, -0.25) is 0 Å². The molecule has 4 heteroatoms. The second-order valence-corrected chi connectivity index (χ2v) is 7.53. The summed E-state index contributed by atoms with van der Waals surface area (Å²) < 4.78 is 5.85. The van der Waals surface area contributed by atoms with Gasteiger partial charge in [0, 0.05) is 11.3 Å². The normalized spacial score (nSPS) is 19.2. The highest BCUT2D eigenvalue weighted by Gasteiger charge is 2.44. The zero-order valence-corrected chi connectivity index (χ0v) is 17.3. The molecular formula is C28H21NO3. The molecular weight excluding hydrogens is 398 g/mol. The molecule has 0 aliphatic carbocycles. The SMILES string of the molecule is O=C1O[C@@](O)(c2ccccc2)c2ccccc2N(c2ccccc2)/C1=C/c1ccccc1. The Hall–Kier alpha value is -4.15. The highest BCUT2D eigenvalue weighted by Crippen LogP contribution is 2.45. The molecule has 0 saturated heterocycles. The molecule has 0 fully saturated rings. The number of esters is 1. The average molecular weight is 419 g/mol. The van der Waals surface area contributed by atoms with Gasteiger partial charge < -0.3 is 14.7 Å². The van der Waals surface area contributed by atoms with Crippen molar-refractivity contribution >= 4 is 23.4 Å². The van der Waals surface area contributed by atoms with Crippen molar-refractivity contribution in [3.63, 3.8) is 0 Å². The lowest BCUT2D eigenvalue weighted by atomic mass is 9.95. The first-order valence-corrected chi connectivity index (χ1v) is 10.4. The van der Waals surface area contributed by atoms with Gasteiger partial charge in [-0.25, -0.2) is 4.79 Å². The number of ether oxygens (including phenoxy) is 1. The Bertz CT molecular complexity index is 1270. The molecule has 32 heavy (non-hydrogen) atoms. The van der Waals surface area contributed by atoms with Crippen LogP contribution in [0.1, 0.15) is 16.7 Å². The quantitative estimate of drug-likeness (QED) is 0.346. The van der Waals surface area contributed by atoms with Crippen LogP contribution in [0.4, 0.5) is 11.4 Å². The third kappa shape index (κ3) is 3.47. The lowest BCUT2D eigenvalue weighted by Crippen LogP contribution is -2.32. The van der Waals surface area contributed by atoms with Crippen LogP contribution in [0.2, 0.25) is 0 Å². The number of anilines is 2. The van der Waals surface area contributed by atoms with E-state index in [1.165, 1.54) is 0 Å². The van der Waals surface area contributed by atoms with Gasteiger partial charge in [0.25, 0.3) is 5.79 Å². The van der Waals surface area contributed by atoms with E-state index in [4.69, 9.17) is 4.74 Å². The van der Waals surface area contributed by atoms with Crippen molar-refractivity contribution < 1.29 is 14.6 Å². The highest BCUT2D eigenvalue weighted by atomic mass is 16.7. The Balaban J connectivity index is 1.80. The van der Waals surface area contributed by atoms with E-state index >= 15 is 0 Å². The van der Waals surface area contributed by atoms with E-state index < -0.39 is 11.8 Å². The van der Waals surface area contributed by atoms with Crippen LogP contribution in [0.3, 0.4) is 0 Å². The van der Waals surface area contributed by atoms with Gasteiger partial charge in [-0.05, 0) is 35.9 Å². The predicted octanol–water partition coefficient (Wildman–Crippen LogP) is 5.62. The molecule has 0 bridgehead atoms. The number of hydrogen-bond donors (Lipinski definition) is 1. The number of aliphatic hydroxyl groups is 1. The van der Waals surface area contributed by atoms with Crippen LogP contribution in [0.25, 0.3) is 6.08 Å². The molecule has 0 spiro atoms. The standard InChI is InChI=1S/C28H21NO3/c30-27-26(20-21-12-4-1-5-13-21)29(23-16-8-3-9-17-23)25-19-11-10-18-24(25)28(31,32-27)22-14-6-2-7-15-22/h1-20,31H/b26-20+/t28-/m0/s1. The largest absolute Gasteiger partial charge is 0.419 e. The number of nitrogens with zero attached hydrogens (tertiary/aromatic N) is 1. The van der Waals surface area contributed by atoms with Gasteiger partial charge in [-0.1, -0.05) is 91.0 Å². The number of hydrogen-bond acceptors (Lipinski definition) is 4. The van der Waals surface area contributed by atoms with E-state index in [9.17, 15) is 9.90 Å². The maximum Gasteiger partial charge on any atom is 0.358 e. The zero-order valence-electron chi connectivity index (χ0n) is 17.3. The summed E-state index contributed by atoms with van der Waals surface area (Å²) in [4.78, 5) is 15.4. The Morgan fingerprint density at radius 3 is 1.97 bits per heavy atom. The van der Waals surface area contributed by atoms with E-state index in [0.717, 1.165) is 11.3 Å². The smallest absolute Gasteiger partial charge is 0.358 e. The summed E-state index contributed by atoms with van der Waals surface area (Å²) in [5, 5.41) is 11.8. The number of cyclic esters (lactones) is 1. The number of fused-ring (bicyclic) bond motifs is 1. The van der Waals surface area contributed by atoms with Gasteiger partial charge in [0.2, 0.25) is 0 Å². The van der Waals surface area contributed by atoms with E-state index in [1.807, 2.05) is 102 Å². The first-order chi connectivity index (χ1) is 15.7. The van der Waals surface area contributed by atoms with E-state index in [0.29, 0.717) is 22.5 Å². The van der Waals surface area contributed by atoms with Crippen molar-refractivity contribution in [3.05, 3.63) is 138 Å². The fourth-order valence-corrected chi connectivity index (χ4v) is 3.98. The molecule has 1 heterocycles. The summed E-state index contributed by atoms with van der Waals surface area (Å²) in [5.74, 6) is -2.56. The maximum atomic E-state index is 13.6. The van der Waals surface area contributed by atoms with Gasteiger partial charge in [0.1, 0.15) is 5.70 Å². The minimum Gasteiger partial charge on any atom is -0.419 e. The topological polar surface area (TPSA) is 49.8 Å². The van der Waals surface area contributed by atoms with Gasteiger partial charge in [0.05, 0.1) is 11.3 Å². The Morgan fingerprint density at radius 1 is 0.719 bits per heavy atom. The minimum absolute atomic E-state index is 0.307. The molecule has 1 aliphatic heterocycles. The number of para-hydroxylation sites is 2. The molecule has 0 aromatic heterocycles. The lowest BCUT2D eigenvalue weighted by Gasteiger charge is -2.29. The molecule has 156 valence electrons. The zero-order chi connectivity index (χ0) is 22.0. The third-order valence-corrected chi connectivity index (χ3v) is 5.48. The van der Waals surface area contributed by atoms with Crippen LogP contribution < -0.4 is 4.90 Å². The summed E-state index contributed by atoms with van der Waals surface area (Å²) in [5.41, 5.74) is 3.58. The molecule has 4 nitrogen and oxygen atoms in total. The summed E-state index contributed by atoms with van der Waals surface area (Å²) in [7, 11) is 0.